The Kier molecular flexibility index (Phi) is 6.99. The van der Waals surface area contributed by atoms with Crippen molar-refractivity contribution in [2.24, 2.45) is 0 Å². The first-order valence-corrected chi connectivity index (χ1v) is 10.2. The van der Waals surface area contributed by atoms with Crippen LogP contribution in [0.4, 0.5) is 5.00 Å². The average molecular weight is 411 g/mol. The van der Waals surface area contributed by atoms with Crippen molar-refractivity contribution in [3.63, 3.8) is 0 Å². The van der Waals surface area contributed by atoms with E-state index in [0.29, 0.717) is 15.4 Å². The normalized spacial score (nSPS) is 11.5. The molecule has 1 aromatic heterocycles. The Bertz CT molecular complexity index is 971. The van der Waals surface area contributed by atoms with E-state index in [1.165, 1.54) is 11.6 Å². The smallest absolute Gasteiger partial charge is 0.348 e. The quantitative estimate of drug-likeness (QED) is 0.525. The lowest BCUT2D eigenvalue weighted by Crippen LogP contribution is -2.11. The number of esters is 1. The highest BCUT2D eigenvalue weighted by Gasteiger charge is 2.22. The number of carbonyl (C=O) groups excluding carboxylic acids is 2. The number of thiophene rings is 1. The summed E-state index contributed by atoms with van der Waals surface area (Å²) in [5, 5.41) is 12.5. The van der Waals surface area contributed by atoms with Gasteiger partial charge in [0.1, 0.15) is 15.9 Å². The molecule has 0 fully saturated rings. The predicted molar refractivity (Wildman–Crippen MR) is 117 cm³/mol. The van der Waals surface area contributed by atoms with Crippen LogP contribution in [0.1, 0.15) is 66.5 Å². The van der Waals surface area contributed by atoms with Crippen LogP contribution in [-0.4, -0.2) is 18.0 Å². The molecule has 152 valence electrons. The molecule has 0 atom stereocenters. The van der Waals surface area contributed by atoms with Crippen molar-refractivity contribution in [1.29, 1.82) is 5.26 Å². The first-order valence-electron chi connectivity index (χ1n) is 9.37. The van der Waals surface area contributed by atoms with Gasteiger partial charge in [-0.1, -0.05) is 45.0 Å². The van der Waals surface area contributed by atoms with Crippen molar-refractivity contribution in [3.8, 4) is 6.07 Å². The van der Waals surface area contributed by atoms with Gasteiger partial charge in [-0.15, -0.1) is 11.3 Å². The summed E-state index contributed by atoms with van der Waals surface area (Å²) in [5.41, 5.74) is 2.98. The molecule has 0 saturated heterocycles. The van der Waals surface area contributed by atoms with E-state index >= 15 is 0 Å². The lowest BCUT2D eigenvalue weighted by Gasteiger charge is -2.18. The minimum absolute atomic E-state index is 0.0682. The second kappa shape index (κ2) is 9.06. The third kappa shape index (κ3) is 5.78. The summed E-state index contributed by atoms with van der Waals surface area (Å²) < 4.78 is 5.21. The van der Waals surface area contributed by atoms with Gasteiger partial charge in [0.25, 0.3) is 0 Å². The predicted octanol–water partition coefficient (Wildman–Crippen LogP) is 5.44. The molecular weight excluding hydrogens is 384 g/mol. The number of hydrogen-bond donors (Lipinski definition) is 1. The number of hydrogen-bond acceptors (Lipinski definition) is 5. The van der Waals surface area contributed by atoms with E-state index < -0.39 is 5.97 Å². The first kappa shape index (κ1) is 22.4. The lowest BCUT2D eigenvalue weighted by molar-refractivity contribution is -0.111. The summed E-state index contributed by atoms with van der Waals surface area (Å²) in [6, 6.07) is 10.1. The maximum absolute atomic E-state index is 12.3. The van der Waals surface area contributed by atoms with Crippen molar-refractivity contribution < 1.29 is 14.3 Å². The zero-order valence-electron chi connectivity index (χ0n) is 17.6. The summed E-state index contributed by atoms with van der Waals surface area (Å²) >= 11 is 1.05. The standard InChI is InChI=1S/C23H26N2O3S/c1-14(2)28-22(27)20-15(3)18(13-24)21(29-20)25-19(26)12-9-16-7-10-17(11-8-16)23(4,5)6/h7-12,14H,1-6H3,(H,25,26)/b12-9+. The summed E-state index contributed by atoms with van der Waals surface area (Å²) in [5.74, 6) is -0.861. The Labute approximate surface area is 176 Å². The van der Waals surface area contributed by atoms with Crippen LogP contribution in [0.15, 0.2) is 30.3 Å². The molecule has 1 N–H and O–H groups in total. The van der Waals surface area contributed by atoms with Gasteiger partial charge in [-0.05, 0) is 49.0 Å². The zero-order valence-corrected chi connectivity index (χ0v) is 18.4. The van der Waals surface area contributed by atoms with Gasteiger partial charge < -0.3 is 10.1 Å². The largest absolute Gasteiger partial charge is 0.459 e. The van der Waals surface area contributed by atoms with Crippen LogP contribution in [0.5, 0.6) is 0 Å². The van der Waals surface area contributed by atoms with Crippen LogP contribution in [-0.2, 0) is 14.9 Å². The zero-order chi connectivity index (χ0) is 21.8. The van der Waals surface area contributed by atoms with Crippen molar-refractivity contribution in [2.45, 2.75) is 53.1 Å². The third-order valence-electron chi connectivity index (χ3n) is 4.23. The number of nitrogens with zero attached hydrogens (tertiary/aromatic N) is 1. The molecule has 2 aromatic rings. The number of nitriles is 1. The molecule has 0 saturated carbocycles. The van der Waals surface area contributed by atoms with Gasteiger partial charge in [0.2, 0.25) is 5.91 Å². The topological polar surface area (TPSA) is 79.2 Å². The molecule has 0 aliphatic heterocycles. The fourth-order valence-electron chi connectivity index (χ4n) is 2.62. The fraction of sp³-hybridized carbons (Fsp3) is 0.348. The van der Waals surface area contributed by atoms with E-state index in [-0.39, 0.29) is 23.0 Å². The van der Waals surface area contributed by atoms with Crippen LogP contribution in [0, 0.1) is 18.3 Å². The third-order valence-corrected chi connectivity index (χ3v) is 5.41. The number of anilines is 1. The van der Waals surface area contributed by atoms with Crippen LogP contribution in [0.3, 0.4) is 0 Å². The highest BCUT2D eigenvalue weighted by molar-refractivity contribution is 7.18. The Morgan fingerprint density at radius 1 is 1.21 bits per heavy atom. The maximum Gasteiger partial charge on any atom is 0.348 e. The van der Waals surface area contributed by atoms with Gasteiger partial charge in [0, 0.05) is 6.08 Å². The Balaban J connectivity index is 2.15. The average Bonchev–Trinajstić information content (AvgIpc) is 2.94. The summed E-state index contributed by atoms with van der Waals surface area (Å²) in [7, 11) is 0. The van der Waals surface area contributed by atoms with Crippen LogP contribution in [0.2, 0.25) is 0 Å². The van der Waals surface area contributed by atoms with Gasteiger partial charge in [0.15, 0.2) is 0 Å². The maximum atomic E-state index is 12.3. The molecule has 5 nitrogen and oxygen atoms in total. The molecule has 1 heterocycles. The molecule has 1 amide bonds. The monoisotopic (exact) mass is 410 g/mol. The highest BCUT2D eigenvalue weighted by Crippen LogP contribution is 2.33. The summed E-state index contributed by atoms with van der Waals surface area (Å²) in [6.45, 7) is 11.6. The number of benzene rings is 1. The second-order valence-corrected chi connectivity index (χ2v) is 9.04. The van der Waals surface area contributed by atoms with Crippen LogP contribution >= 0.6 is 11.3 Å². The molecule has 29 heavy (non-hydrogen) atoms. The number of rotatable bonds is 5. The SMILES string of the molecule is Cc1c(C(=O)OC(C)C)sc(NC(=O)/C=C/c2ccc(C(C)(C)C)cc2)c1C#N. The molecule has 0 aliphatic rings. The van der Waals surface area contributed by atoms with Gasteiger partial charge in [-0.25, -0.2) is 4.79 Å². The molecule has 1 aromatic carbocycles. The molecular formula is C23H26N2O3S. The Morgan fingerprint density at radius 2 is 1.83 bits per heavy atom. The molecule has 0 bridgehead atoms. The molecule has 0 radical (unpaired) electrons. The molecule has 6 heteroatoms. The Morgan fingerprint density at radius 3 is 2.34 bits per heavy atom. The van der Waals surface area contributed by atoms with Gasteiger partial charge in [0.05, 0.1) is 11.7 Å². The fourth-order valence-corrected chi connectivity index (χ4v) is 3.66. The summed E-state index contributed by atoms with van der Waals surface area (Å²) in [6.07, 6.45) is 2.86. The van der Waals surface area contributed by atoms with Crippen molar-refractivity contribution in [2.75, 3.05) is 5.32 Å². The second-order valence-electron chi connectivity index (χ2n) is 8.02. The van der Waals surface area contributed by atoms with E-state index in [0.717, 1.165) is 16.9 Å². The van der Waals surface area contributed by atoms with Crippen molar-refractivity contribution in [1.82, 2.24) is 0 Å². The van der Waals surface area contributed by atoms with Crippen LogP contribution in [0.25, 0.3) is 6.08 Å². The van der Waals surface area contributed by atoms with Gasteiger partial charge in [-0.2, -0.15) is 5.26 Å². The van der Waals surface area contributed by atoms with E-state index in [9.17, 15) is 14.9 Å². The molecule has 2 rings (SSSR count). The highest BCUT2D eigenvalue weighted by atomic mass is 32.1. The van der Waals surface area contributed by atoms with E-state index in [1.807, 2.05) is 24.3 Å². The molecule has 0 aliphatic carbocycles. The minimum Gasteiger partial charge on any atom is -0.459 e. The number of nitrogens with one attached hydrogen (secondary N) is 1. The molecule has 0 unspecified atom stereocenters. The number of carbonyl (C=O) groups is 2. The molecule has 0 spiro atoms. The minimum atomic E-state index is -0.492. The summed E-state index contributed by atoms with van der Waals surface area (Å²) in [4.78, 5) is 24.9. The first-order chi connectivity index (χ1) is 13.5. The van der Waals surface area contributed by atoms with Crippen molar-refractivity contribution in [3.05, 3.63) is 57.5 Å². The van der Waals surface area contributed by atoms with Crippen LogP contribution < -0.4 is 5.32 Å². The Hall–Kier alpha value is -2.91. The van der Waals surface area contributed by atoms with Crippen molar-refractivity contribution >= 4 is 34.3 Å². The van der Waals surface area contributed by atoms with E-state index in [1.54, 1.807) is 26.8 Å². The number of ether oxygens (including phenoxy) is 1. The van der Waals surface area contributed by atoms with E-state index in [4.69, 9.17) is 4.74 Å². The van der Waals surface area contributed by atoms with E-state index in [2.05, 4.69) is 32.2 Å². The van der Waals surface area contributed by atoms with Gasteiger partial charge in [-0.3, -0.25) is 4.79 Å². The number of amides is 1. The van der Waals surface area contributed by atoms with Gasteiger partial charge >= 0.3 is 5.97 Å². The lowest BCUT2D eigenvalue weighted by atomic mass is 9.87.